The normalized spacial score (nSPS) is 14.2. The van der Waals surface area contributed by atoms with Crippen molar-refractivity contribution in [1.29, 1.82) is 0 Å². The van der Waals surface area contributed by atoms with Gasteiger partial charge in [0, 0.05) is 30.7 Å². The van der Waals surface area contributed by atoms with Gasteiger partial charge in [-0.05, 0) is 37.3 Å². The summed E-state index contributed by atoms with van der Waals surface area (Å²) in [6.45, 7) is 1.89. The van der Waals surface area contributed by atoms with Gasteiger partial charge in [0.15, 0.2) is 11.6 Å². The van der Waals surface area contributed by atoms with Crippen LogP contribution in [0.5, 0.6) is 11.5 Å². The average molecular weight is 422 g/mol. The second-order valence-corrected chi connectivity index (χ2v) is 6.59. The van der Waals surface area contributed by atoms with Crippen molar-refractivity contribution in [1.82, 2.24) is 15.3 Å². The fourth-order valence-electron chi connectivity index (χ4n) is 2.79. The van der Waals surface area contributed by atoms with Crippen LogP contribution in [0.15, 0.2) is 53.7 Å². The van der Waals surface area contributed by atoms with Gasteiger partial charge in [-0.2, -0.15) is 4.98 Å². The number of nitrogens with zero attached hydrogens (tertiary/aromatic N) is 3. The Labute approximate surface area is 177 Å². The number of carbonyl (C=O) groups is 1. The number of amides is 1. The van der Waals surface area contributed by atoms with Crippen molar-refractivity contribution in [3.05, 3.63) is 54.5 Å². The minimum atomic E-state index is -0.617. The third-order valence-corrected chi connectivity index (χ3v) is 4.21. The van der Waals surface area contributed by atoms with Crippen LogP contribution >= 0.6 is 0 Å². The van der Waals surface area contributed by atoms with Gasteiger partial charge in [-0.25, -0.2) is 14.2 Å². The van der Waals surface area contributed by atoms with E-state index in [0.717, 1.165) is 6.20 Å². The van der Waals surface area contributed by atoms with Gasteiger partial charge >= 0.3 is 6.09 Å². The summed E-state index contributed by atoms with van der Waals surface area (Å²) in [4.78, 5) is 23.9. The van der Waals surface area contributed by atoms with Crippen LogP contribution in [-0.2, 0) is 0 Å². The SMILES string of the molecule is CNC(=O)Oc1cccc(Nc2ncc(F)c(Nc3ccc4c(c3)N=CC(C)O4)n2)c1. The minimum absolute atomic E-state index is 0.00992. The van der Waals surface area contributed by atoms with E-state index in [2.05, 4.69) is 30.9 Å². The molecule has 9 nitrogen and oxygen atoms in total. The first-order chi connectivity index (χ1) is 15.0. The first-order valence-electron chi connectivity index (χ1n) is 9.41. The van der Waals surface area contributed by atoms with Gasteiger partial charge in [-0.3, -0.25) is 4.99 Å². The number of rotatable bonds is 5. The van der Waals surface area contributed by atoms with Crippen LogP contribution in [0, 0.1) is 5.82 Å². The molecule has 10 heteroatoms. The van der Waals surface area contributed by atoms with Crippen LogP contribution in [0.1, 0.15) is 6.92 Å². The number of benzene rings is 2. The smallest absolute Gasteiger partial charge is 0.412 e. The summed E-state index contributed by atoms with van der Waals surface area (Å²) in [5.74, 6) is 0.521. The molecule has 0 aliphatic carbocycles. The molecule has 2 aromatic carbocycles. The maximum absolute atomic E-state index is 14.3. The van der Waals surface area contributed by atoms with E-state index in [4.69, 9.17) is 9.47 Å². The van der Waals surface area contributed by atoms with Gasteiger partial charge < -0.3 is 25.4 Å². The number of nitrogens with one attached hydrogen (secondary N) is 3. The van der Waals surface area contributed by atoms with Gasteiger partial charge in [-0.15, -0.1) is 0 Å². The van der Waals surface area contributed by atoms with Crippen LogP contribution in [0.4, 0.5) is 38.0 Å². The Morgan fingerprint density at radius 2 is 2.00 bits per heavy atom. The molecule has 1 aliphatic rings. The standard InChI is InChI=1S/C21H19FN6O3/c1-12-10-24-17-9-14(6-7-18(17)30-12)26-19-16(22)11-25-20(28-19)27-13-4-3-5-15(8-13)31-21(29)23-2/h3-12H,1-2H3,(H,23,29)(H2,25,26,27,28). The highest BCUT2D eigenvalue weighted by atomic mass is 19.1. The fraction of sp³-hybridized carbons (Fsp3) is 0.143. The van der Waals surface area contributed by atoms with Crippen molar-refractivity contribution >= 4 is 41.1 Å². The molecule has 3 N–H and O–H groups in total. The van der Waals surface area contributed by atoms with Crippen molar-refractivity contribution in [2.75, 3.05) is 17.7 Å². The van der Waals surface area contributed by atoms with E-state index in [-0.39, 0.29) is 17.9 Å². The maximum atomic E-state index is 14.3. The lowest BCUT2D eigenvalue weighted by atomic mass is 10.2. The quantitative estimate of drug-likeness (QED) is 0.562. The molecule has 1 aliphatic heterocycles. The first kappa shape index (κ1) is 20.1. The minimum Gasteiger partial charge on any atom is -0.483 e. The van der Waals surface area contributed by atoms with E-state index in [9.17, 15) is 9.18 Å². The summed E-state index contributed by atoms with van der Waals surface area (Å²) in [7, 11) is 1.47. The van der Waals surface area contributed by atoms with Crippen molar-refractivity contribution in [3.8, 4) is 11.5 Å². The van der Waals surface area contributed by atoms with Crippen molar-refractivity contribution in [2.24, 2.45) is 4.99 Å². The number of aromatic nitrogens is 2. The highest BCUT2D eigenvalue weighted by Crippen LogP contribution is 2.34. The Kier molecular flexibility index (Phi) is 5.61. The van der Waals surface area contributed by atoms with Crippen LogP contribution in [-0.4, -0.2) is 35.4 Å². The molecule has 3 aromatic rings. The number of aliphatic imine (C=N–C) groups is 1. The number of hydrogen-bond donors (Lipinski definition) is 3. The number of carbonyl (C=O) groups excluding carboxylic acids is 1. The number of hydrogen-bond acceptors (Lipinski definition) is 8. The highest BCUT2D eigenvalue weighted by Gasteiger charge is 2.14. The Hall–Kier alpha value is -4.21. The summed E-state index contributed by atoms with van der Waals surface area (Å²) in [5, 5.41) is 8.26. The van der Waals surface area contributed by atoms with Gasteiger partial charge in [0.05, 0.1) is 6.20 Å². The molecule has 1 unspecified atom stereocenters. The number of halogens is 1. The summed E-state index contributed by atoms with van der Waals surface area (Å²) in [5.41, 5.74) is 1.80. The number of ether oxygens (including phenoxy) is 2. The van der Waals surface area contributed by atoms with Gasteiger partial charge in [0.1, 0.15) is 23.3 Å². The third kappa shape index (κ3) is 4.86. The van der Waals surface area contributed by atoms with Crippen molar-refractivity contribution < 1.29 is 18.7 Å². The predicted octanol–water partition coefficient (Wildman–Crippen LogP) is 4.30. The Morgan fingerprint density at radius 3 is 2.84 bits per heavy atom. The molecule has 0 saturated heterocycles. The molecular weight excluding hydrogens is 403 g/mol. The summed E-state index contributed by atoms with van der Waals surface area (Å²) < 4.78 is 25.1. The zero-order chi connectivity index (χ0) is 21.8. The largest absolute Gasteiger partial charge is 0.483 e. The molecule has 0 saturated carbocycles. The van der Waals surface area contributed by atoms with E-state index in [0.29, 0.717) is 28.6 Å². The molecular formula is C21H19FN6O3. The van der Waals surface area contributed by atoms with Crippen LogP contribution in [0.25, 0.3) is 0 Å². The first-order valence-corrected chi connectivity index (χ1v) is 9.41. The Bertz CT molecular complexity index is 1150. The van der Waals surface area contributed by atoms with Gasteiger partial charge in [-0.1, -0.05) is 6.07 Å². The van der Waals surface area contributed by atoms with E-state index < -0.39 is 11.9 Å². The fourth-order valence-corrected chi connectivity index (χ4v) is 2.79. The molecule has 158 valence electrons. The van der Waals surface area contributed by atoms with Crippen molar-refractivity contribution in [3.63, 3.8) is 0 Å². The topological polar surface area (TPSA) is 110 Å². The molecule has 4 rings (SSSR count). The monoisotopic (exact) mass is 422 g/mol. The molecule has 1 amide bonds. The van der Waals surface area contributed by atoms with Crippen molar-refractivity contribution in [2.45, 2.75) is 13.0 Å². The highest BCUT2D eigenvalue weighted by molar-refractivity contribution is 5.76. The molecule has 0 fully saturated rings. The van der Waals surface area contributed by atoms with Gasteiger partial charge in [0.2, 0.25) is 5.95 Å². The summed E-state index contributed by atoms with van der Waals surface area (Å²) in [6, 6.07) is 11.9. The lowest BCUT2D eigenvalue weighted by Gasteiger charge is -2.18. The second-order valence-electron chi connectivity index (χ2n) is 6.59. The van der Waals surface area contributed by atoms with E-state index >= 15 is 0 Å². The van der Waals surface area contributed by atoms with E-state index in [1.807, 2.05) is 6.92 Å². The van der Waals surface area contributed by atoms with Crippen LogP contribution < -0.4 is 25.4 Å². The molecule has 1 atom stereocenters. The molecule has 0 spiro atoms. The van der Waals surface area contributed by atoms with Crippen LogP contribution in [0.2, 0.25) is 0 Å². The Balaban J connectivity index is 1.51. The van der Waals surface area contributed by atoms with Gasteiger partial charge in [0.25, 0.3) is 0 Å². The Morgan fingerprint density at radius 1 is 1.16 bits per heavy atom. The zero-order valence-corrected chi connectivity index (χ0v) is 16.7. The summed E-state index contributed by atoms with van der Waals surface area (Å²) in [6.07, 6.45) is 2.07. The lowest BCUT2D eigenvalue weighted by Crippen LogP contribution is -2.22. The number of anilines is 4. The molecule has 2 heterocycles. The third-order valence-electron chi connectivity index (χ3n) is 4.21. The predicted molar refractivity (Wildman–Crippen MR) is 115 cm³/mol. The van der Waals surface area contributed by atoms with E-state index in [1.165, 1.54) is 7.05 Å². The van der Waals surface area contributed by atoms with Crippen LogP contribution in [0.3, 0.4) is 0 Å². The average Bonchev–Trinajstić information content (AvgIpc) is 2.76. The van der Waals surface area contributed by atoms with E-state index in [1.54, 1.807) is 48.7 Å². The molecule has 0 radical (unpaired) electrons. The summed E-state index contributed by atoms with van der Waals surface area (Å²) >= 11 is 0. The molecule has 31 heavy (non-hydrogen) atoms. The second kappa shape index (κ2) is 8.66. The zero-order valence-electron chi connectivity index (χ0n) is 16.7. The number of fused-ring (bicyclic) bond motifs is 1. The lowest BCUT2D eigenvalue weighted by molar-refractivity contribution is 0.203. The molecule has 1 aromatic heterocycles. The molecule has 0 bridgehead atoms. The maximum Gasteiger partial charge on any atom is 0.412 e.